The number of aliphatic carboxylic acids is 1. The van der Waals surface area contributed by atoms with E-state index >= 15 is 0 Å². The van der Waals surface area contributed by atoms with E-state index in [4.69, 9.17) is 5.11 Å². The summed E-state index contributed by atoms with van der Waals surface area (Å²) in [7, 11) is -3.82. The molecule has 0 aromatic heterocycles. The summed E-state index contributed by atoms with van der Waals surface area (Å²) in [6, 6.07) is 6.60. The van der Waals surface area contributed by atoms with Crippen LogP contribution in [-0.2, 0) is 37.3 Å². The summed E-state index contributed by atoms with van der Waals surface area (Å²) in [4.78, 5) is 21.9. The van der Waals surface area contributed by atoms with Crippen molar-refractivity contribution in [2.45, 2.75) is 19.9 Å². The molecule has 0 unspecified atom stereocenters. The van der Waals surface area contributed by atoms with Gasteiger partial charge in [-0.25, -0.2) is 13.1 Å². The van der Waals surface area contributed by atoms with E-state index in [0.29, 0.717) is 11.1 Å². The van der Waals surface area contributed by atoms with Crippen molar-refractivity contribution in [1.82, 2.24) is 4.72 Å². The minimum atomic E-state index is -3.82. The molecule has 0 spiro atoms. The molecule has 0 aliphatic heterocycles. The van der Waals surface area contributed by atoms with Crippen LogP contribution in [0.15, 0.2) is 24.3 Å². The van der Waals surface area contributed by atoms with Crippen molar-refractivity contribution in [3.8, 4) is 0 Å². The molecule has 0 amide bonds. The number of hydrogen-bond donors (Lipinski definition) is 2. The number of carbonyl (C=O) groups is 2. The van der Waals surface area contributed by atoms with Gasteiger partial charge < -0.3 is 9.84 Å². The first-order valence-corrected chi connectivity index (χ1v) is 7.91. The van der Waals surface area contributed by atoms with Crippen LogP contribution in [0.4, 0.5) is 0 Å². The Hall–Kier alpha value is -1.93. The lowest BCUT2D eigenvalue weighted by Crippen LogP contribution is -2.31. The summed E-state index contributed by atoms with van der Waals surface area (Å²) in [5, 5.41) is 8.80. The predicted octanol–water partition coefficient (Wildman–Crippen LogP) is 0.296. The van der Waals surface area contributed by atoms with Gasteiger partial charge in [0.2, 0.25) is 10.0 Å². The van der Waals surface area contributed by atoms with E-state index in [1.165, 1.54) is 0 Å². The normalized spacial score (nSPS) is 11.1. The standard InChI is InChI=1S/C13H17NO6S/c1-2-20-13(17)9-21(18,19)14-8-11-6-4-3-5-10(11)7-12(15)16/h3-6,14H,2,7-9H2,1H3,(H,15,16). The highest BCUT2D eigenvalue weighted by atomic mass is 32.2. The largest absolute Gasteiger partial charge is 0.481 e. The van der Waals surface area contributed by atoms with Crippen molar-refractivity contribution in [2.75, 3.05) is 12.4 Å². The summed E-state index contributed by atoms with van der Waals surface area (Å²) in [5.74, 6) is -2.59. The maximum Gasteiger partial charge on any atom is 0.322 e. The number of esters is 1. The van der Waals surface area contributed by atoms with Crippen LogP contribution in [0.1, 0.15) is 18.1 Å². The SMILES string of the molecule is CCOC(=O)CS(=O)(=O)NCc1ccccc1CC(=O)O. The Bertz CT molecular complexity index is 611. The van der Waals surface area contributed by atoms with Crippen molar-refractivity contribution in [3.05, 3.63) is 35.4 Å². The molecular weight excluding hydrogens is 298 g/mol. The summed E-state index contributed by atoms with van der Waals surface area (Å²) in [6.07, 6.45) is -0.199. The number of hydrogen-bond acceptors (Lipinski definition) is 5. The summed E-state index contributed by atoms with van der Waals surface area (Å²) in [6.45, 7) is 1.61. The predicted molar refractivity (Wildman–Crippen MR) is 75.0 cm³/mol. The van der Waals surface area contributed by atoms with Crippen LogP contribution in [0.25, 0.3) is 0 Å². The minimum absolute atomic E-state index is 0.0782. The van der Waals surface area contributed by atoms with E-state index in [2.05, 4.69) is 9.46 Å². The van der Waals surface area contributed by atoms with E-state index in [1.807, 2.05) is 0 Å². The van der Waals surface area contributed by atoms with Gasteiger partial charge in [-0.2, -0.15) is 0 Å². The number of rotatable bonds is 8. The molecule has 0 saturated carbocycles. The fourth-order valence-electron chi connectivity index (χ4n) is 1.66. The maximum atomic E-state index is 11.7. The first-order chi connectivity index (χ1) is 9.84. The van der Waals surface area contributed by atoms with Gasteiger partial charge in [0, 0.05) is 6.54 Å². The van der Waals surface area contributed by atoms with Crippen LogP contribution in [0.2, 0.25) is 0 Å². The maximum absolute atomic E-state index is 11.7. The Morgan fingerprint density at radius 2 is 1.86 bits per heavy atom. The third-order valence-corrected chi connectivity index (χ3v) is 3.76. The van der Waals surface area contributed by atoms with Gasteiger partial charge in [-0.3, -0.25) is 9.59 Å². The second kappa shape index (κ2) is 7.75. The number of carbonyl (C=O) groups excluding carboxylic acids is 1. The van der Waals surface area contributed by atoms with E-state index in [9.17, 15) is 18.0 Å². The zero-order valence-corrected chi connectivity index (χ0v) is 12.4. The fourth-order valence-corrected chi connectivity index (χ4v) is 2.53. The smallest absolute Gasteiger partial charge is 0.322 e. The Kier molecular flexibility index (Phi) is 6.32. The zero-order chi connectivity index (χ0) is 15.9. The van der Waals surface area contributed by atoms with Crippen molar-refractivity contribution < 1.29 is 27.9 Å². The Morgan fingerprint density at radius 3 is 2.43 bits per heavy atom. The highest BCUT2D eigenvalue weighted by Crippen LogP contribution is 2.10. The van der Waals surface area contributed by atoms with Gasteiger partial charge in [-0.15, -0.1) is 0 Å². The van der Waals surface area contributed by atoms with Gasteiger partial charge >= 0.3 is 11.9 Å². The first kappa shape index (κ1) is 17.1. The summed E-state index contributed by atoms with van der Waals surface area (Å²) < 4.78 is 30.2. The number of ether oxygens (including phenoxy) is 1. The van der Waals surface area contributed by atoms with Gasteiger partial charge in [0.05, 0.1) is 13.0 Å². The minimum Gasteiger partial charge on any atom is -0.481 e. The molecular formula is C13H17NO6S. The third kappa shape index (κ3) is 6.37. The summed E-state index contributed by atoms with van der Waals surface area (Å²) in [5.41, 5.74) is 1.07. The second-order valence-corrected chi connectivity index (χ2v) is 6.03. The second-order valence-electron chi connectivity index (χ2n) is 4.22. The molecule has 7 nitrogen and oxygen atoms in total. The quantitative estimate of drug-likeness (QED) is 0.668. The van der Waals surface area contributed by atoms with Crippen LogP contribution in [-0.4, -0.2) is 37.8 Å². The van der Waals surface area contributed by atoms with Crippen LogP contribution < -0.4 is 4.72 Å². The zero-order valence-electron chi connectivity index (χ0n) is 11.5. The summed E-state index contributed by atoms with van der Waals surface area (Å²) >= 11 is 0. The monoisotopic (exact) mass is 315 g/mol. The van der Waals surface area contributed by atoms with Gasteiger partial charge in [-0.1, -0.05) is 24.3 Å². The molecule has 0 saturated heterocycles. The Morgan fingerprint density at radius 1 is 1.24 bits per heavy atom. The molecule has 0 fully saturated rings. The lowest BCUT2D eigenvalue weighted by atomic mass is 10.1. The lowest BCUT2D eigenvalue weighted by Gasteiger charge is -2.09. The van der Waals surface area contributed by atoms with Gasteiger partial charge in [-0.05, 0) is 18.1 Å². The van der Waals surface area contributed by atoms with Crippen LogP contribution in [0.3, 0.4) is 0 Å². The molecule has 0 radical (unpaired) electrons. The van der Waals surface area contributed by atoms with E-state index in [0.717, 1.165) is 0 Å². The number of sulfonamides is 1. The van der Waals surface area contributed by atoms with Gasteiger partial charge in [0.1, 0.15) is 0 Å². The molecule has 0 aliphatic rings. The average Bonchev–Trinajstić information content (AvgIpc) is 2.36. The third-order valence-electron chi connectivity index (χ3n) is 2.56. The van der Waals surface area contributed by atoms with Crippen LogP contribution >= 0.6 is 0 Å². The molecule has 0 heterocycles. The average molecular weight is 315 g/mol. The molecule has 1 aromatic rings. The lowest BCUT2D eigenvalue weighted by molar-refractivity contribution is -0.140. The molecule has 116 valence electrons. The highest BCUT2D eigenvalue weighted by Gasteiger charge is 2.17. The molecule has 0 aliphatic carbocycles. The molecule has 2 N–H and O–H groups in total. The van der Waals surface area contributed by atoms with Crippen molar-refractivity contribution >= 4 is 22.0 Å². The molecule has 0 atom stereocenters. The molecule has 0 bridgehead atoms. The number of benzene rings is 1. The topological polar surface area (TPSA) is 110 Å². The Balaban J connectivity index is 2.70. The number of carboxylic acid groups (broad SMARTS) is 1. The number of nitrogens with one attached hydrogen (secondary N) is 1. The van der Waals surface area contributed by atoms with Crippen LogP contribution in [0, 0.1) is 0 Å². The molecule has 1 rings (SSSR count). The highest BCUT2D eigenvalue weighted by molar-refractivity contribution is 7.90. The van der Waals surface area contributed by atoms with E-state index in [-0.39, 0.29) is 19.6 Å². The van der Waals surface area contributed by atoms with Crippen molar-refractivity contribution in [3.63, 3.8) is 0 Å². The van der Waals surface area contributed by atoms with E-state index < -0.39 is 27.7 Å². The van der Waals surface area contributed by atoms with Crippen molar-refractivity contribution in [1.29, 1.82) is 0 Å². The van der Waals surface area contributed by atoms with Gasteiger partial charge in [0.25, 0.3) is 0 Å². The fraction of sp³-hybridized carbons (Fsp3) is 0.385. The molecule has 21 heavy (non-hydrogen) atoms. The van der Waals surface area contributed by atoms with Crippen LogP contribution in [0.5, 0.6) is 0 Å². The molecule has 1 aromatic carbocycles. The Labute approximate surface area is 123 Å². The van der Waals surface area contributed by atoms with E-state index in [1.54, 1.807) is 31.2 Å². The molecule has 8 heteroatoms. The number of carboxylic acids is 1. The van der Waals surface area contributed by atoms with Gasteiger partial charge in [0.15, 0.2) is 5.75 Å². The first-order valence-electron chi connectivity index (χ1n) is 6.25. The van der Waals surface area contributed by atoms with Crippen molar-refractivity contribution in [2.24, 2.45) is 0 Å².